The van der Waals surface area contributed by atoms with Gasteiger partial charge in [-0.05, 0) is 55.7 Å². The molecule has 3 heterocycles. The number of carbonyl (C=O) groups is 2. The number of hydrogen-bond acceptors (Lipinski definition) is 5. The monoisotopic (exact) mass is 461 g/mol. The Balaban J connectivity index is 1.43. The predicted octanol–water partition coefficient (Wildman–Crippen LogP) is 3.33. The van der Waals surface area contributed by atoms with E-state index >= 15 is 0 Å². The summed E-state index contributed by atoms with van der Waals surface area (Å²) in [5.74, 6) is -0.490. The standard InChI is InChI=1S/C22H27N3O4S2/c1-16-6-4-7-18(22(27)24-11-2-3-12-24)20(16)23-21(26)17-9-13-25(14-10-17)31(28,29)19-8-5-15-30-19/h4-8,15,17H,2-3,9-14H2,1H3,(H,23,26). The van der Waals surface area contributed by atoms with Crippen LogP contribution in [0.15, 0.2) is 39.9 Å². The van der Waals surface area contributed by atoms with Gasteiger partial charge in [-0.1, -0.05) is 18.2 Å². The van der Waals surface area contributed by atoms with Gasteiger partial charge in [0, 0.05) is 32.1 Å². The summed E-state index contributed by atoms with van der Waals surface area (Å²) in [5, 5.41) is 4.73. The minimum Gasteiger partial charge on any atom is -0.339 e. The van der Waals surface area contributed by atoms with Crippen LogP contribution in [0.1, 0.15) is 41.6 Å². The minimum atomic E-state index is -3.49. The average molecular weight is 462 g/mol. The van der Waals surface area contributed by atoms with E-state index in [4.69, 9.17) is 0 Å². The van der Waals surface area contributed by atoms with E-state index in [2.05, 4.69) is 5.32 Å². The molecule has 2 aromatic rings. The number of benzene rings is 1. The highest BCUT2D eigenvalue weighted by Crippen LogP contribution is 2.29. The van der Waals surface area contributed by atoms with Gasteiger partial charge in [-0.2, -0.15) is 4.31 Å². The van der Waals surface area contributed by atoms with E-state index in [-0.39, 0.29) is 17.7 Å². The minimum absolute atomic E-state index is 0.0478. The Kier molecular flexibility index (Phi) is 6.45. The Morgan fingerprint density at radius 2 is 1.74 bits per heavy atom. The molecule has 1 N–H and O–H groups in total. The van der Waals surface area contributed by atoms with E-state index < -0.39 is 10.0 Å². The first-order chi connectivity index (χ1) is 14.9. The molecule has 0 atom stereocenters. The van der Waals surface area contributed by atoms with E-state index in [0.29, 0.717) is 41.4 Å². The Hall–Kier alpha value is -2.23. The summed E-state index contributed by atoms with van der Waals surface area (Å²) in [6, 6.07) is 8.81. The molecule has 2 fully saturated rings. The lowest BCUT2D eigenvalue weighted by Crippen LogP contribution is -2.41. The van der Waals surface area contributed by atoms with Crippen LogP contribution in [0.5, 0.6) is 0 Å². The quantitative estimate of drug-likeness (QED) is 0.740. The summed E-state index contributed by atoms with van der Waals surface area (Å²) < 4.78 is 27.2. The number of aryl methyl sites for hydroxylation is 1. The van der Waals surface area contributed by atoms with Crippen molar-refractivity contribution in [1.29, 1.82) is 0 Å². The van der Waals surface area contributed by atoms with Gasteiger partial charge in [-0.3, -0.25) is 9.59 Å². The van der Waals surface area contributed by atoms with E-state index in [0.717, 1.165) is 31.5 Å². The van der Waals surface area contributed by atoms with Crippen LogP contribution in [0.25, 0.3) is 0 Å². The molecule has 7 nitrogen and oxygen atoms in total. The smallest absolute Gasteiger partial charge is 0.255 e. The van der Waals surface area contributed by atoms with Gasteiger partial charge >= 0.3 is 0 Å². The van der Waals surface area contributed by atoms with Gasteiger partial charge in [0.2, 0.25) is 5.91 Å². The normalized spacial score (nSPS) is 18.3. The number of anilines is 1. The molecular weight excluding hydrogens is 434 g/mol. The first kappa shape index (κ1) is 22.0. The second-order valence-corrected chi connectivity index (χ2v) is 11.2. The number of para-hydroxylation sites is 1. The topological polar surface area (TPSA) is 86.8 Å². The maximum Gasteiger partial charge on any atom is 0.255 e. The van der Waals surface area contributed by atoms with Gasteiger partial charge in [0.05, 0.1) is 11.3 Å². The maximum atomic E-state index is 13.0. The number of sulfonamides is 1. The number of carbonyl (C=O) groups excluding carboxylic acids is 2. The van der Waals surface area contributed by atoms with Crippen LogP contribution in [0.3, 0.4) is 0 Å². The van der Waals surface area contributed by atoms with Crippen molar-refractivity contribution in [3.63, 3.8) is 0 Å². The molecule has 0 aliphatic carbocycles. The van der Waals surface area contributed by atoms with Crippen molar-refractivity contribution < 1.29 is 18.0 Å². The van der Waals surface area contributed by atoms with Gasteiger partial charge < -0.3 is 10.2 Å². The van der Waals surface area contributed by atoms with Crippen LogP contribution in [0.4, 0.5) is 5.69 Å². The average Bonchev–Trinajstić information content (AvgIpc) is 3.49. The zero-order valence-electron chi connectivity index (χ0n) is 17.5. The number of thiophene rings is 1. The highest BCUT2D eigenvalue weighted by atomic mass is 32.2. The summed E-state index contributed by atoms with van der Waals surface area (Å²) in [7, 11) is -3.49. The summed E-state index contributed by atoms with van der Waals surface area (Å²) in [5.41, 5.74) is 1.93. The van der Waals surface area contributed by atoms with Crippen molar-refractivity contribution in [2.45, 2.75) is 36.8 Å². The number of nitrogens with one attached hydrogen (secondary N) is 1. The largest absolute Gasteiger partial charge is 0.339 e. The van der Waals surface area contributed by atoms with E-state index in [1.54, 1.807) is 23.6 Å². The van der Waals surface area contributed by atoms with Crippen LogP contribution >= 0.6 is 11.3 Å². The molecule has 4 rings (SSSR count). The zero-order valence-corrected chi connectivity index (χ0v) is 19.2. The highest BCUT2D eigenvalue weighted by molar-refractivity contribution is 7.91. The molecule has 0 saturated carbocycles. The van der Waals surface area contributed by atoms with Crippen molar-refractivity contribution in [3.05, 3.63) is 46.8 Å². The SMILES string of the molecule is Cc1cccc(C(=O)N2CCCC2)c1NC(=O)C1CCN(S(=O)(=O)c2cccs2)CC1. The fraction of sp³-hybridized carbons (Fsp3) is 0.455. The van der Waals surface area contributed by atoms with Gasteiger partial charge in [0.25, 0.3) is 15.9 Å². The molecule has 31 heavy (non-hydrogen) atoms. The number of amides is 2. The van der Waals surface area contributed by atoms with Gasteiger partial charge in [0.15, 0.2) is 0 Å². The zero-order chi connectivity index (χ0) is 22.0. The fourth-order valence-corrected chi connectivity index (χ4v) is 6.84. The molecule has 0 spiro atoms. The Labute approximate surface area is 187 Å². The second-order valence-electron chi connectivity index (χ2n) is 8.10. The molecule has 0 radical (unpaired) electrons. The van der Waals surface area contributed by atoms with Crippen LogP contribution in [-0.2, 0) is 14.8 Å². The van der Waals surface area contributed by atoms with Gasteiger partial charge in [-0.15, -0.1) is 11.3 Å². The molecule has 1 aromatic carbocycles. The highest BCUT2D eigenvalue weighted by Gasteiger charge is 2.33. The van der Waals surface area contributed by atoms with Crippen molar-refractivity contribution in [2.24, 2.45) is 5.92 Å². The third kappa shape index (κ3) is 4.53. The summed E-state index contributed by atoms with van der Waals surface area (Å²) >= 11 is 1.20. The summed E-state index contributed by atoms with van der Waals surface area (Å²) in [6.07, 6.45) is 2.92. The third-order valence-electron chi connectivity index (χ3n) is 6.06. The van der Waals surface area contributed by atoms with E-state index in [9.17, 15) is 18.0 Å². The Morgan fingerprint density at radius 1 is 1.03 bits per heavy atom. The van der Waals surface area contributed by atoms with Gasteiger partial charge in [-0.25, -0.2) is 8.42 Å². The molecule has 2 aliphatic heterocycles. The van der Waals surface area contributed by atoms with Crippen molar-refractivity contribution in [3.8, 4) is 0 Å². The first-order valence-corrected chi connectivity index (χ1v) is 12.9. The molecule has 166 valence electrons. The fourth-order valence-electron chi connectivity index (χ4n) is 4.22. The van der Waals surface area contributed by atoms with Crippen LogP contribution in [-0.4, -0.2) is 55.6 Å². The number of nitrogens with zero attached hydrogens (tertiary/aromatic N) is 2. The number of piperidine rings is 1. The third-order valence-corrected chi connectivity index (χ3v) is 9.33. The molecule has 0 bridgehead atoms. The molecule has 2 aliphatic rings. The lowest BCUT2D eigenvalue weighted by molar-refractivity contribution is -0.120. The Morgan fingerprint density at radius 3 is 2.39 bits per heavy atom. The number of likely N-dealkylation sites (tertiary alicyclic amines) is 1. The molecular formula is C22H27N3O4S2. The van der Waals surface area contributed by atoms with Crippen LogP contribution in [0, 0.1) is 12.8 Å². The lowest BCUT2D eigenvalue weighted by atomic mass is 9.96. The molecule has 1 aromatic heterocycles. The summed E-state index contributed by atoms with van der Waals surface area (Å²) in [4.78, 5) is 27.8. The molecule has 9 heteroatoms. The van der Waals surface area contributed by atoms with Crippen molar-refractivity contribution >= 4 is 38.9 Å². The van der Waals surface area contributed by atoms with Crippen LogP contribution < -0.4 is 5.32 Å². The molecule has 2 saturated heterocycles. The number of rotatable bonds is 5. The van der Waals surface area contributed by atoms with E-state index in [1.165, 1.54) is 15.6 Å². The predicted molar refractivity (Wildman–Crippen MR) is 121 cm³/mol. The summed E-state index contributed by atoms with van der Waals surface area (Å²) in [6.45, 7) is 4.00. The Bertz CT molecular complexity index is 1050. The van der Waals surface area contributed by atoms with Gasteiger partial charge in [0.1, 0.15) is 4.21 Å². The second kappa shape index (κ2) is 9.10. The first-order valence-electron chi connectivity index (χ1n) is 10.6. The van der Waals surface area contributed by atoms with Crippen molar-refractivity contribution in [1.82, 2.24) is 9.21 Å². The molecule has 2 amide bonds. The number of hydrogen-bond donors (Lipinski definition) is 1. The van der Waals surface area contributed by atoms with Crippen LogP contribution in [0.2, 0.25) is 0 Å². The molecule has 0 unspecified atom stereocenters. The lowest BCUT2D eigenvalue weighted by Gasteiger charge is -2.30. The van der Waals surface area contributed by atoms with E-state index in [1.807, 2.05) is 24.0 Å². The maximum absolute atomic E-state index is 13.0. The van der Waals surface area contributed by atoms with Crippen molar-refractivity contribution in [2.75, 3.05) is 31.5 Å².